The van der Waals surface area contributed by atoms with Crippen LogP contribution in [-0.4, -0.2) is 38.3 Å². The zero-order valence-corrected chi connectivity index (χ0v) is 16.2. The summed E-state index contributed by atoms with van der Waals surface area (Å²) in [7, 11) is 0. The lowest BCUT2D eigenvalue weighted by atomic mass is 10.0. The maximum Gasteiger partial charge on any atom is 0.274 e. The SMILES string of the molecule is Cc1cc2nc(NC(C)c3cncc(F)c3)nc(C(=O)N3CC[C@H]3C)c2s1. The van der Waals surface area contributed by atoms with Gasteiger partial charge in [0.1, 0.15) is 5.82 Å². The highest BCUT2D eigenvalue weighted by Gasteiger charge is 2.32. The molecule has 4 rings (SSSR count). The Kier molecular flexibility index (Phi) is 4.51. The number of nitrogens with zero attached hydrogens (tertiary/aromatic N) is 4. The van der Waals surface area contributed by atoms with Gasteiger partial charge in [-0.15, -0.1) is 11.3 Å². The fraction of sp³-hybridized carbons (Fsp3) is 0.368. The molecule has 0 aliphatic carbocycles. The molecule has 1 aliphatic heterocycles. The van der Waals surface area contributed by atoms with Gasteiger partial charge in [-0.1, -0.05) is 0 Å². The van der Waals surface area contributed by atoms with E-state index in [1.54, 1.807) is 6.20 Å². The van der Waals surface area contributed by atoms with Crippen LogP contribution in [0.3, 0.4) is 0 Å². The first-order valence-corrected chi connectivity index (χ1v) is 9.70. The van der Waals surface area contributed by atoms with Crippen LogP contribution in [0.2, 0.25) is 0 Å². The Morgan fingerprint density at radius 2 is 2.19 bits per heavy atom. The molecular formula is C19H20FN5OS. The van der Waals surface area contributed by atoms with Crippen LogP contribution in [0.25, 0.3) is 10.2 Å². The van der Waals surface area contributed by atoms with Gasteiger partial charge in [0, 0.05) is 23.7 Å². The van der Waals surface area contributed by atoms with E-state index in [0.29, 0.717) is 17.2 Å². The number of hydrogen-bond donors (Lipinski definition) is 1. The summed E-state index contributed by atoms with van der Waals surface area (Å²) in [5.41, 5.74) is 1.86. The minimum absolute atomic E-state index is 0.0638. The van der Waals surface area contributed by atoms with Crippen molar-refractivity contribution in [3.63, 3.8) is 0 Å². The highest BCUT2D eigenvalue weighted by molar-refractivity contribution is 7.19. The number of nitrogens with one attached hydrogen (secondary N) is 1. The summed E-state index contributed by atoms with van der Waals surface area (Å²) >= 11 is 1.53. The van der Waals surface area contributed by atoms with E-state index in [0.717, 1.165) is 34.3 Å². The summed E-state index contributed by atoms with van der Waals surface area (Å²) < 4.78 is 14.3. The number of hydrogen-bond acceptors (Lipinski definition) is 6. The molecule has 3 aromatic rings. The summed E-state index contributed by atoms with van der Waals surface area (Å²) in [6.07, 6.45) is 3.78. The Balaban J connectivity index is 1.70. The Morgan fingerprint density at radius 3 is 2.85 bits per heavy atom. The number of carbonyl (C=O) groups is 1. The number of aromatic nitrogens is 3. The average molecular weight is 385 g/mol. The highest BCUT2D eigenvalue weighted by Crippen LogP contribution is 2.30. The van der Waals surface area contributed by atoms with Gasteiger partial charge in [0.2, 0.25) is 5.95 Å². The molecule has 6 nitrogen and oxygen atoms in total. The van der Waals surface area contributed by atoms with Crippen LogP contribution in [0.4, 0.5) is 10.3 Å². The molecule has 1 unspecified atom stereocenters. The molecule has 1 saturated heterocycles. The number of likely N-dealkylation sites (tertiary alicyclic amines) is 1. The summed E-state index contributed by atoms with van der Waals surface area (Å²) in [4.78, 5) is 28.8. The number of rotatable bonds is 4. The number of aryl methyl sites for hydroxylation is 1. The molecule has 0 bridgehead atoms. The first kappa shape index (κ1) is 17.8. The third kappa shape index (κ3) is 3.37. The van der Waals surface area contributed by atoms with E-state index in [1.807, 2.05) is 31.7 Å². The zero-order chi connectivity index (χ0) is 19.1. The Hall–Kier alpha value is -2.61. The number of halogens is 1. The van der Waals surface area contributed by atoms with Crippen LogP contribution in [0.5, 0.6) is 0 Å². The molecule has 0 spiro atoms. The smallest absolute Gasteiger partial charge is 0.274 e. The normalized spacial score (nSPS) is 17.6. The van der Waals surface area contributed by atoms with E-state index < -0.39 is 5.82 Å². The Labute approximate surface area is 160 Å². The van der Waals surface area contributed by atoms with Gasteiger partial charge in [0.15, 0.2) is 5.69 Å². The molecule has 0 saturated carbocycles. The summed E-state index contributed by atoms with van der Waals surface area (Å²) in [5.74, 6) is -0.103. The standard InChI is InChI=1S/C19H20FN5OS/c1-10-4-5-25(10)18(26)16-17-15(6-11(2)27-17)23-19(24-16)22-12(3)13-7-14(20)9-21-8-13/h6-10,12H,4-5H2,1-3H3,(H,22,23,24)/t10-,12?/m1/s1. The van der Waals surface area contributed by atoms with Gasteiger partial charge in [-0.05, 0) is 44.9 Å². The summed E-state index contributed by atoms with van der Waals surface area (Å²) in [5, 5.41) is 3.17. The fourth-order valence-electron chi connectivity index (χ4n) is 3.15. The van der Waals surface area contributed by atoms with Crippen molar-refractivity contribution in [2.75, 3.05) is 11.9 Å². The van der Waals surface area contributed by atoms with Crippen LogP contribution >= 0.6 is 11.3 Å². The van der Waals surface area contributed by atoms with Crippen molar-refractivity contribution in [3.05, 3.63) is 46.5 Å². The molecule has 1 amide bonds. The monoisotopic (exact) mass is 385 g/mol. The number of pyridine rings is 1. The molecular weight excluding hydrogens is 365 g/mol. The Bertz CT molecular complexity index is 1020. The average Bonchev–Trinajstić information content (AvgIpc) is 2.99. The van der Waals surface area contributed by atoms with Crippen molar-refractivity contribution in [3.8, 4) is 0 Å². The maximum atomic E-state index is 13.4. The number of anilines is 1. The zero-order valence-electron chi connectivity index (χ0n) is 15.4. The van der Waals surface area contributed by atoms with Crippen molar-refractivity contribution >= 4 is 33.4 Å². The van der Waals surface area contributed by atoms with Crippen LogP contribution in [0, 0.1) is 12.7 Å². The molecule has 3 aromatic heterocycles. The predicted molar refractivity (Wildman–Crippen MR) is 104 cm³/mol. The van der Waals surface area contributed by atoms with Gasteiger partial charge in [0.05, 0.1) is 22.5 Å². The van der Waals surface area contributed by atoms with Crippen molar-refractivity contribution < 1.29 is 9.18 Å². The summed E-state index contributed by atoms with van der Waals surface area (Å²) in [6.45, 7) is 6.66. The van der Waals surface area contributed by atoms with E-state index in [4.69, 9.17) is 0 Å². The Morgan fingerprint density at radius 1 is 1.37 bits per heavy atom. The molecule has 0 radical (unpaired) electrons. The second-order valence-electron chi connectivity index (χ2n) is 6.91. The molecule has 8 heteroatoms. The largest absolute Gasteiger partial charge is 0.348 e. The lowest BCUT2D eigenvalue weighted by Crippen LogP contribution is -2.49. The maximum absolute atomic E-state index is 13.4. The number of carbonyl (C=O) groups excluding carboxylic acids is 1. The summed E-state index contributed by atoms with van der Waals surface area (Å²) in [6, 6.07) is 3.36. The lowest BCUT2D eigenvalue weighted by molar-refractivity contribution is 0.0498. The molecule has 1 N–H and O–H groups in total. The molecule has 2 atom stereocenters. The van der Waals surface area contributed by atoms with Gasteiger partial charge >= 0.3 is 0 Å². The third-order valence-corrected chi connectivity index (χ3v) is 5.90. The van der Waals surface area contributed by atoms with Gasteiger partial charge < -0.3 is 10.2 Å². The first-order chi connectivity index (χ1) is 12.9. The van der Waals surface area contributed by atoms with Gasteiger partial charge in [-0.2, -0.15) is 0 Å². The molecule has 140 valence electrons. The predicted octanol–water partition coefficient (Wildman–Crippen LogP) is 3.94. The van der Waals surface area contributed by atoms with Crippen molar-refractivity contribution in [2.45, 2.75) is 39.3 Å². The third-order valence-electron chi connectivity index (χ3n) is 4.85. The van der Waals surface area contributed by atoms with Crippen LogP contribution < -0.4 is 5.32 Å². The number of fused-ring (bicyclic) bond motifs is 1. The minimum atomic E-state index is -0.395. The second kappa shape index (κ2) is 6.84. The van der Waals surface area contributed by atoms with Crippen LogP contribution in [0.15, 0.2) is 24.5 Å². The van der Waals surface area contributed by atoms with E-state index in [9.17, 15) is 9.18 Å². The van der Waals surface area contributed by atoms with E-state index in [2.05, 4.69) is 20.3 Å². The molecule has 4 heterocycles. The van der Waals surface area contributed by atoms with Gasteiger partial charge in [-0.3, -0.25) is 9.78 Å². The minimum Gasteiger partial charge on any atom is -0.348 e. The molecule has 1 aliphatic rings. The lowest BCUT2D eigenvalue weighted by Gasteiger charge is -2.38. The topological polar surface area (TPSA) is 71.0 Å². The second-order valence-corrected chi connectivity index (χ2v) is 8.16. The van der Waals surface area contributed by atoms with Crippen molar-refractivity contribution in [1.82, 2.24) is 19.9 Å². The first-order valence-electron chi connectivity index (χ1n) is 8.88. The van der Waals surface area contributed by atoms with Crippen LogP contribution in [-0.2, 0) is 0 Å². The van der Waals surface area contributed by atoms with E-state index in [-0.39, 0.29) is 18.0 Å². The molecule has 1 fully saturated rings. The fourth-order valence-corrected chi connectivity index (χ4v) is 4.09. The number of amides is 1. The quantitative estimate of drug-likeness (QED) is 0.737. The number of thiophene rings is 1. The van der Waals surface area contributed by atoms with Crippen molar-refractivity contribution in [1.29, 1.82) is 0 Å². The van der Waals surface area contributed by atoms with Gasteiger partial charge in [0.25, 0.3) is 5.91 Å². The molecule has 27 heavy (non-hydrogen) atoms. The van der Waals surface area contributed by atoms with Gasteiger partial charge in [-0.25, -0.2) is 14.4 Å². The highest BCUT2D eigenvalue weighted by atomic mass is 32.1. The van der Waals surface area contributed by atoms with E-state index in [1.165, 1.54) is 17.4 Å². The van der Waals surface area contributed by atoms with Crippen molar-refractivity contribution in [2.24, 2.45) is 0 Å². The van der Waals surface area contributed by atoms with Crippen LogP contribution in [0.1, 0.15) is 47.2 Å². The van der Waals surface area contributed by atoms with E-state index >= 15 is 0 Å². The molecule has 0 aromatic carbocycles.